The Morgan fingerprint density at radius 2 is 2.11 bits per heavy atom. The molecule has 0 saturated carbocycles. The van der Waals surface area contributed by atoms with Crippen molar-refractivity contribution in [3.63, 3.8) is 0 Å². The van der Waals surface area contributed by atoms with Gasteiger partial charge < -0.3 is 15.5 Å². The summed E-state index contributed by atoms with van der Waals surface area (Å²) in [5, 5.41) is 6.53. The lowest BCUT2D eigenvalue weighted by Gasteiger charge is -2.15. The minimum Gasteiger partial charge on any atom is -0.387 e. The number of likely N-dealkylation sites (tertiary alicyclic amines) is 1. The summed E-state index contributed by atoms with van der Waals surface area (Å²) in [6.07, 6.45) is 2.54. The highest BCUT2D eigenvalue weighted by atomic mass is 35.5. The first-order valence-corrected chi connectivity index (χ1v) is 7.06. The Morgan fingerprint density at radius 3 is 2.79 bits per heavy atom. The van der Waals surface area contributed by atoms with Crippen molar-refractivity contribution in [2.45, 2.75) is 12.8 Å². The van der Waals surface area contributed by atoms with Gasteiger partial charge in [0.15, 0.2) is 0 Å². The maximum atomic E-state index is 12.1. The van der Waals surface area contributed by atoms with Gasteiger partial charge in [-0.25, -0.2) is 0 Å². The average molecular weight is 282 g/mol. The standard InChI is InChI=1S/C14H20ClN3O/c1-16-13-5-4-11(15)10-12(13)14(19)17-6-9-18-7-2-3-8-18/h4-5,10,16H,2-3,6-9H2,1H3,(H,17,19). The van der Waals surface area contributed by atoms with Gasteiger partial charge in [-0.1, -0.05) is 11.6 Å². The van der Waals surface area contributed by atoms with E-state index in [1.807, 2.05) is 6.07 Å². The molecule has 0 spiro atoms. The molecule has 1 fully saturated rings. The van der Waals surface area contributed by atoms with Gasteiger partial charge in [-0.3, -0.25) is 4.79 Å². The quantitative estimate of drug-likeness (QED) is 0.870. The molecule has 0 unspecified atom stereocenters. The summed E-state index contributed by atoms with van der Waals surface area (Å²) < 4.78 is 0. The molecule has 0 bridgehead atoms. The molecule has 4 nitrogen and oxygen atoms in total. The van der Waals surface area contributed by atoms with Gasteiger partial charge in [-0.05, 0) is 44.1 Å². The van der Waals surface area contributed by atoms with E-state index in [0.717, 1.165) is 25.3 Å². The Bertz CT molecular complexity index is 444. The van der Waals surface area contributed by atoms with Crippen molar-refractivity contribution in [3.8, 4) is 0 Å². The van der Waals surface area contributed by atoms with Crippen LogP contribution in [0.15, 0.2) is 18.2 Å². The van der Waals surface area contributed by atoms with Gasteiger partial charge in [0.25, 0.3) is 5.91 Å². The van der Waals surface area contributed by atoms with Crippen molar-refractivity contribution >= 4 is 23.2 Å². The second-order valence-corrected chi connectivity index (χ2v) is 5.18. The molecule has 0 aromatic heterocycles. The van der Waals surface area contributed by atoms with Crippen LogP contribution in [0.4, 0.5) is 5.69 Å². The number of halogens is 1. The summed E-state index contributed by atoms with van der Waals surface area (Å²) in [5.74, 6) is -0.0777. The Hall–Kier alpha value is -1.26. The lowest BCUT2D eigenvalue weighted by molar-refractivity contribution is 0.0950. The molecular formula is C14H20ClN3O. The lowest BCUT2D eigenvalue weighted by atomic mass is 10.1. The van der Waals surface area contributed by atoms with Crippen LogP contribution in [-0.2, 0) is 0 Å². The number of anilines is 1. The van der Waals surface area contributed by atoms with Crippen molar-refractivity contribution in [2.24, 2.45) is 0 Å². The van der Waals surface area contributed by atoms with Gasteiger partial charge >= 0.3 is 0 Å². The van der Waals surface area contributed by atoms with E-state index in [0.29, 0.717) is 17.1 Å². The number of benzene rings is 1. The van der Waals surface area contributed by atoms with E-state index >= 15 is 0 Å². The van der Waals surface area contributed by atoms with Crippen LogP contribution >= 0.6 is 11.6 Å². The Labute approximate surface area is 119 Å². The van der Waals surface area contributed by atoms with Crippen molar-refractivity contribution in [1.82, 2.24) is 10.2 Å². The third kappa shape index (κ3) is 3.85. The predicted octanol–water partition coefficient (Wildman–Crippen LogP) is 2.21. The van der Waals surface area contributed by atoms with Crippen molar-refractivity contribution in [3.05, 3.63) is 28.8 Å². The zero-order valence-corrected chi connectivity index (χ0v) is 12.0. The molecule has 1 aliphatic rings. The van der Waals surface area contributed by atoms with Gasteiger partial charge in [-0.15, -0.1) is 0 Å². The Morgan fingerprint density at radius 1 is 1.37 bits per heavy atom. The van der Waals surface area contributed by atoms with Crippen LogP contribution in [0, 0.1) is 0 Å². The van der Waals surface area contributed by atoms with E-state index in [1.54, 1.807) is 19.2 Å². The number of rotatable bonds is 5. The van der Waals surface area contributed by atoms with Crippen LogP contribution in [-0.4, -0.2) is 44.0 Å². The number of hydrogen-bond acceptors (Lipinski definition) is 3. The molecular weight excluding hydrogens is 262 g/mol. The molecule has 19 heavy (non-hydrogen) atoms. The minimum atomic E-state index is -0.0777. The van der Waals surface area contributed by atoms with Gasteiger partial charge in [0, 0.05) is 30.8 Å². The third-order valence-electron chi connectivity index (χ3n) is 3.41. The average Bonchev–Trinajstić information content (AvgIpc) is 2.91. The molecule has 1 heterocycles. The van der Waals surface area contributed by atoms with Crippen molar-refractivity contribution in [1.29, 1.82) is 0 Å². The summed E-state index contributed by atoms with van der Waals surface area (Å²) in [5.41, 5.74) is 1.39. The first kappa shape index (κ1) is 14.2. The summed E-state index contributed by atoms with van der Waals surface area (Å²) in [7, 11) is 1.80. The molecule has 1 amide bonds. The zero-order valence-electron chi connectivity index (χ0n) is 11.2. The zero-order chi connectivity index (χ0) is 13.7. The van der Waals surface area contributed by atoms with E-state index in [1.165, 1.54) is 12.8 Å². The van der Waals surface area contributed by atoms with Crippen molar-refractivity contribution < 1.29 is 4.79 Å². The van der Waals surface area contributed by atoms with Crippen LogP contribution in [0.1, 0.15) is 23.2 Å². The molecule has 1 aliphatic heterocycles. The molecule has 0 aliphatic carbocycles. The number of nitrogens with zero attached hydrogens (tertiary/aromatic N) is 1. The van der Waals surface area contributed by atoms with Gasteiger partial charge in [0.2, 0.25) is 0 Å². The Kier molecular flexibility index (Phi) is 5.05. The van der Waals surface area contributed by atoms with Crippen LogP contribution in [0.2, 0.25) is 5.02 Å². The SMILES string of the molecule is CNc1ccc(Cl)cc1C(=O)NCCN1CCCC1. The number of hydrogen-bond donors (Lipinski definition) is 2. The summed E-state index contributed by atoms with van der Waals surface area (Å²) in [6, 6.07) is 5.28. The maximum absolute atomic E-state index is 12.1. The van der Waals surface area contributed by atoms with E-state index < -0.39 is 0 Å². The largest absolute Gasteiger partial charge is 0.387 e. The molecule has 1 aromatic carbocycles. The molecule has 104 valence electrons. The molecule has 0 radical (unpaired) electrons. The second kappa shape index (κ2) is 6.78. The van der Waals surface area contributed by atoms with Crippen molar-refractivity contribution in [2.75, 3.05) is 38.5 Å². The summed E-state index contributed by atoms with van der Waals surface area (Å²) >= 11 is 5.94. The highest BCUT2D eigenvalue weighted by Gasteiger charge is 2.13. The topological polar surface area (TPSA) is 44.4 Å². The van der Waals surface area contributed by atoms with E-state index in [4.69, 9.17) is 11.6 Å². The van der Waals surface area contributed by atoms with Gasteiger partial charge in [0.05, 0.1) is 5.56 Å². The maximum Gasteiger partial charge on any atom is 0.253 e. The first-order valence-electron chi connectivity index (χ1n) is 6.68. The van der Waals surface area contributed by atoms with Crippen LogP contribution in [0.3, 0.4) is 0 Å². The number of amides is 1. The summed E-state index contributed by atoms with van der Waals surface area (Å²) in [4.78, 5) is 14.5. The first-order chi connectivity index (χ1) is 9.20. The second-order valence-electron chi connectivity index (χ2n) is 4.74. The smallest absolute Gasteiger partial charge is 0.253 e. The van der Waals surface area contributed by atoms with Crippen LogP contribution in [0.5, 0.6) is 0 Å². The molecule has 0 atom stereocenters. The predicted molar refractivity (Wildman–Crippen MR) is 79.0 cm³/mol. The fraction of sp³-hybridized carbons (Fsp3) is 0.500. The number of carbonyl (C=O) groups excluding carboxylic acids is 1. The molecule has 5 heteroatoms. The lowest BCUT2D eigenvalue weighted by Crippen LogP contribution is -2.33. The minimum absolute atomic E-state index is 0.0777. The van der Waals surface area contributed by atoms with E-state index in [2.05, 4.69) is 15.5 Å². The Balaban J connectivity index is 1.89. The molecule has 1 aromatic rings. The van der Waals surface area contributed by atoms with Crippen LogP contribution < -0.4 is 10.6 Å². The van der Waals surface area contributed by atoms with Gasteiger partial charge in [-0.2, -0.15) is 0 Å². The van der Waals surface area contributed by atoms with Gasteiger partial charge in [0.1, 0.15) is 0 Å². The number of carbonyl (C=O) groups is 1. The monoisotopic (exact) mass is 281 g/mol. The molecule has 2 N–H and O–H groups in total. The van der Waals surface area contributed by atoms with Crippen LogP contribution in [0.25, 0.3) is 0 Å². The van der Waals surface area contributed by atoms with E-state index in [9.17, 15) is 4.79 Å². The normalized spacial score (nSPS) is 15.5. The van der Waals surface area contributed by atoms with E-state index in [-0.39, 0.29) is 5.91 Å². The fourth-order valence-corrected chi connectivity index (χ4v) is 2.52. The molecule has 1 saturated heterocycles. The molecule has 2 rings (SSSR count). The fourth-order valence-electron chi connectivity index (χ4n) is 2.35. The number of nitrogens with one attached hydrogen (secondary N) is 2. The highest BCUT2D eigenvalue weighted by molar-refractivity contribution is 6.31. The summed E-state index contributed by atoms with van der Waals surface area (Å²) in [6.45, 7) is 3.89. The highest BCUT2D eigenvalue weighted by Crippen LogP contribution is 2.20. The third-order valence-corrected chi connectivity index (χ3v) is 3.64.